The molecule has 0 fully saturated rings. The molecule has 2 rings (SSSR count). The van der Waals surface area contributed by atoms with Crippen molar-refractivity contribution in [3.8, 4) is 5.75 Å². The molecule has 0 spiro atoms. The van der Waals surface area contributed by atoms with Gasteiger partial charge in [0.1, 0.15) is 0 Å². The molecule has 70 valence electrons. The summed E-state index contributed by atoms with van der Waals surface area (Å²) < 4.78 is 6.62. The molecule has 1 aromatic rings. The van der Waals surface area contributed by atoms with Crippen molar-refractivity contribution >= 4 is 6.16 Å². The van der Waals surface area contributed by atoms with Crippen LogP contribution < -0.4 is 4.74 Å². The molecule has 0 unspecified atom stereocenters. The van der Waals surface area contributed by atoms with Crippen molar-refractivity contribution in [2.24, 2.45) is 0 Å². The second-order valence-electron chi connectivity index (χ2n) is 3.19. The topological polar surface area (TPSA) is 51.5 Å². The minimum atomic E-state index is -1.25. The van der Waals surface area contributed by atoms with Crippen molar-refractivity contribution < 1.29 is 14.6 Å². The molecule has 1 N–H and O–H groups in total. The Morgan fingerprint density at radius 2 is 2.38 bits per heavy atom. The number of rotatable bonds is 1. The molecule has 13 heavy (non-hydrogen) atoms. The first kappa shape index (κ1) is 8.16. The van der Waals surface area contributed by atoms with Gasteiger partial charge >= 0.3 is 6.16 Å². The Bertz CT molecular complexity index is 306. The van der Waals surface area contributed by atoms with Gasteiger partial charge in [-0.2, -0.15) is 0 Å². The number of aromatic nitrogens is 1. The molecule has 1 aromatic heterocycles. The number of ether oxygens (including phenoxy) is 1. The summed E-state index contributed by atoms with van der Waals surface area (Å²) in [4.78, 5) is 10.3. The molecule has 0 amide bonds. The quantitative estimate of drug-likeness (QED) is 0.673. The zero-order valence-electron chi connectivity index (χ0n) is 7.19. The van der Waals surface area contributed by atoms with Gasteiger partial charge < -0.3 is 14.4 Å². The number of fused-ring (bicyclic) bond motifs is 1. The third kappa shape index (κ3) is 1.66. The zero-order valence-corrected chi connectivity index (χ0v) is 7.19. The SMILES string of the molecule is O=C(O)Oc1cc2n(c1)CCCC2. The van der Waals surface area contributed by atoms with E-state index in [-0.39, 0.29) is 0 Å². The summed E-state index contributed by atoms with van der Waals surface area (Å²) in [5, 5.41) is 8.40. The van der Waals surface area contributed by atoms with Gasteiger partial charge in [0.05, 0.1) is 0 Å². The van der Waals surface area contributed by atoms with Gasteiger partial charge in [0.25, 0.3) is 0 Å². The number of carboxylic acid groups (broad SMARTS) is 1. The van der Waals surface area contributed by atoms with Crippen molar-refractivity contribution in [1.29, 1.82) is 0 Å². The van der Waals surface area contributed by atoms with Crippen LogP contribution in [-0.2, 0) is 13.0 Å². The predicted molar refractivity (Wildman–Crippen MR) is 46.0 cm³/mol. The fourth-order valence-corrected chi connectivity index (χ4v) is 1.69. The van der Waals surface area contributed by atoms with Crippen molar-refractivity contribution in [2.75, 3.05) is 0 Å². The summed E-state index contributed by atoms with van der Waals surface area (Å²) >= 11 is 0. The first-order valence-corrected chi connectivity index (χ1v) is 4.35. The molecule has 0 saturated carbocycles. The van der Waals surface area contributed by atoms with Crippen LogP contribution in [0.5, 0.6) is 5.75 Å². The maximum absolute atomic E-state index is 10.3. The highest BCUT2D eigenvalue weighted by molar-refractivity contribution is 5.61. The summed E-state index contributed by atoms with van der Waals surface area (Å²) in [7, 11) is 0. The number of nitrogens with zero attached hydrogens (tertiary/aromatic N) is 1. The normalized spacial score (nSPS) is 15.1. The number of hydrogen-bond donors (Lipinski definition) is 1. The van der Waals surface area contributed by atoms with E-state index in [4.69, 9.17) is 5.11 Å². The summed E-state index contributed by atoms with van der Waals surface area (Å²) in [5.74, 6) is 0.435. The molecule has 0 aliphatic carbocycles. The smallest absolute Gasteiger partial charge is 0.449 e. The van der Waals surface area contributed by atoms with E-state index < -0.39 is 6.16 Å². The molecular formula is C9H11NO3. The van der Waals surface area contributed by atoms with Gasteiger partial charge in [0, 0.05) is 24.5 Å². The number of carbonyl (C=O) groups is 1. The highest BCUT2D eigenvalue weighted by Crippen LogP contribution is 2.22. The third-order valence-electron chi connectivity index (χ3n) is 2.25. The van der Waals surface area contributed by atoms with Crippen LogP contribution in [0.25, 0.3) is 0 Å². The molecule has 0 atom stereocenters. The maximum atomic E-state index is 10.3. The van der Waals surface area contributed by atoms with Gasteiger partial charge in [-0.3, -0.25) is 0 Å². The predicted octanol–water partition coefficient (Wildman–Crippen LogP) is 1.88. The third-order valence-corrected chi connectivity index (χ3v) is 2.25. The van der Waals surface area contributed by atoms with Gasteiger partial charge in [-0.25, -0.2) is 4.79 Å². The Morgan fingerprint density at radius 3 is 3.08 bits per heavy atom. The van der Waals surface area contributed by atoms with Crippen LogP contribution in [-0.4, -0.2) is 15.8 Å². The average molecular weight is 181 g/mol. The Hall–Kier alpha value is -1.45. The zero-order chi connectivity index (χ0) is 9.26. The molecule has 1 aliphatic rings. The molecule has 4 heteroatoms. The van der Waals surface area contributed by atoms with Crippen LogP contribution in [0.15, 0.2) is 12.3 Å². The fraction of sp³-hybridized carbons (Fsp3) is 0.444. The van der Waals surface area contributed by atoms with E-state index in [0.29, 0.717) is 5.75 Å². The second kappa shape index (κ2) is 3.12. The van der Waals surface area contributed by atoms with Crippen LogP contribution in [0.1, 0.15) is 18.5 Å². The van der Waals surface area contributed by atoms with Gasteiger partial charge in [-0.05, 0) is 19.3 Å². The molecule has 0 radical (unpaired) electrons. The standard InChI is InChI=1S/C9H11NO3/c11-9(12)13-8-5-7-3-1-2-4-10(7)6-8/h5-6H,1-4H2,(H,11,12). The Balaban J connectivity index is 2.20. The molecule has 1 aliphatic heterocycles. The minimum absolute atomic E-state index is 0.435. The van der Waals surface area contributed by atoms with E-state index in [2.05, 4.69) is 9.30 Å². The van der Waals surface area contributed by atoms with Gasteiger partial charge in [-0.1, -0.05) is 0 Å². The lowest BCUT2D eigenvalue weighted by Crippen LogP contribution is -2.07. The van der Waals surface area contributed by atoms with Gasteiger partial charge in [-0.15, -0.1) is 0 Å². The Kier molecular flexibility index (Phi) is 1.96. The summed E-state index contributed by atoms with van der Waals surface area (Å²) in [6, 6.07) is 1.80. The lowest BCUT2D eigenvalue weighted by atomic mass is 10.1. The maximum Gasteiger partial charge on any atom is 0.511 e. The largest absolute Gasteiger partial charge is 0.511 e. The van der Waals surface area contributed by atoms with E-state index >= 15 is 0 Å². The van der Waals surface area contributed by atoms with Crippen LogP contribution in [0.2, 0.25) is 0 Å². The van der Waals surface area contributed by atoms with E-state index in [1.54, 1.807) is 12.3 Å². The summed E-state index contributed by atoms with van der Waals surface area (Å²) in [5.41, 5.74) is 1.17. The van der Waals surface area contributed by atoms with Crippen molar-refractivity contribution in [2.45, 2.75) is 25.8 Å². The van der Waals surface area contributed by atoms with Crippen molar-refractivity contribution in [3.05, 3.63) is 18.0 Å². The van der Waals surface area contributed by atoms with Crippen molar-refractivity contribution in [3.63, 3.8) is 0 Å². The van der Waals surface area contributed by atoms with E-state index in [1.165, 1.54) is 12.1 Å². The molecule has 4 nitrogen and oxygen atoms in total. The van der Waals surface area contributed by atoms with Gasteiger partial charge in [0.15, 0.2) is 5.75 Å². The molecule has 0 bridgehead atoms. The van der Waals surface area contributed by atoms with Crippen LogP contribution in [0, 0.1) is 0 Å². The highest BCUT2D eigenvalue weighted by atomic mass is 16.7. The summed E-state index contributed by atoms with van der Waals surface area (Å²) in [6.45, 7) is 0.971. The van der Waals surface area contributed by atoms with Crippen LogP contribution in [0.4, 0.5) is 4.79 Å². The highest BCUT2D eigenvalue weighted by Gasteiger charge is 2.12. The van der Waals surface area contributed by atoms with Gasteiger partial charge in [0.2, 0.25) is 0 Å². The van der Waals surface area contributed by atoms with E-state index in [0.717, 1.165) is 19.4 Å². The van der Waals surface area contributed by atoms with Crippen molar-refractivity contribution in [1.82, 2.24) is 4.57 Å². The average Bonchev–Trinajstić information content (AvgIpc) is 2.44. The number of hydrogen-bond acceptors (Lipinski definition) is 2. The molecule has 0 aromatic carbocycles. The molecule has 2 heterocycles. The first-order valence-electron chi connectivity index (χ1n) is 4.35. The van der Waals surface area contributed by atoms with E-state index in [1.807, 2.05) is 0 Å². The first-order chi connectivity index (χ1) is 6.25. The van der Waals surface area contributed by atoms with Crippen LogP contribution in [0.3, 0.4) is 0 Å². The number of aryl methyl sites for hydroxylation is 2. The Morgan fingerprint density at radius 1 is 1.54 bits per heavy atom. The molecular weight excluding hydrogens is 170 g/mol. The monoisotopic (exact) mass is 181 g/mol. The second-order valence-corrected chi connectivity index (χ2v) is 3.19. The Labute approximate surface area is 75.7 Å². The van der Waals surface area contributed by atoms with E-state index in [9.17, 15) is 4.79 Å². The van der Waals surface area contributed by atoms with Crippen LogP contribution >= 0.6 is 0 Å². The lowest BCUT2D eigenvalue weighted by molar-refractivity contribution is 0.144. The molecule has 0 saturated heterocycles. The fourth-order valence-electron chi connectivity index (χ4n) is 1.69. The minimum Gasteiger partial charge on any atom is -0.449 e. The lowest BCUT2D eigenvalue weighted by Gasteiger charge is -2.13. The summed E-state index contributed by atoms with van der Waals surface area (Å²) in [6.07, 6.45) is 3.86.